The molecule has 0 spiro atoms. The SMILES string of the molecule is Cc1ccc(NC(=O)C2(c3ccccc3F)CCCC2)cc1. The van der Waals surface area contributed by atoms with Crippen molar-refractivity contribution in [2.24, 2.45) is 0 Å². The minimum absolute atomic E-state index is 0.0982. The number of carbonyl (C=O) groups is 1. The van der Waals surface area contributed by atoms with Gasteiger partial charge in [-0.3, -0.25) is 4.79 Å². The van der Waals surface area contributed by atoms with Crippen LogP contribution >= 0.6 is 0 Å². The van der Waals surface area contributed by atoms with E-state index in [9.17, 15) is 9.18 Å². The lowest BCUT2D eigenvalue weighted by molar-refractivity contribution is -0.121. The Labute approximate surface area is 130 Å². The van der Waals surface area contributed by atoms with Crippen LogP contribution in [0.5, 0.6) is 0 Å². The zero-order chi connectivity index (χ0) is 15.6. The highest BCUT2D eigenvalue weighted by molar-refractivity contribution is 5.99. The van der Waals surface area contributed by atoms with E-state index >= 15 is 0 Å². The second-order valence-corrected chi connectivity index (χ2v) is 6.09. The van der Waals surface area contributed by atoms with Crippen LogP contribution in [-0.2, 0) is 10.2 Å². The van der Waals surface area contributed by atoms with E-state index in [1.165, 1.54) is 6.07 Å². The van der Waals surface area contributed by atoms with Crippen LogP contribution in [0.15, 0.2) is 48.5 Å². The van der Waals surface area contributed by atoms with Crippen LogP contribution in [0.3, 0.4) is 0 Å². The van der Waals surface area contributed by atoms with Crippen LogP contribution in [0.4, 0.5) is 10.1 Å². The van der Waals surface area contributed by atoms with Gasteiger partial charge in [0.25, 0.3) is 0 Å². The van der Waals surface area contributed by atoms with E-state index in [-0.39, 0.29) is 11.7 Å². The molecule has 0 atom stereocenters. The summed E-state index contributed by atoms with van der Waals surface area (Å²) in [5.74, 6) is -0.387. The molecule has 0 aromatic heterocycles. The van der Waals surface area contributed by atoms with Gasteiger partial charge in [0, 0.05) is 11.3 Å². The smallest absolute Gasteiger partial charge is 0.235 e. The van der Waals surface area contributed by atoms with Gasteiger partial charge in [0.1, 0.15) is 5.82 Å². The van der Waals surface area contributed by atoms with Crippen molar-refractivity contribution in [3.05, 3.63) is 65.5 Å². The van der Waals surface area contributed by atoms with Crippen molar-refractivity contribution in [3.63, 3.8) is 0 Å². The van der Waals surface area contributed by atoms with Crippen LogP contribution in [0, 0.1) is 12.7 Å². The molecule has 1 amide bonds. The summed E-state index contributed by atoms with van der Waals surface area (Å²) in [7, 11) is 0. The Morgan fingerprint density at radius 2 is 1.68 bits per heavy atom. The Kier molecular flexibility index (Phi) is 3.97. The average Bonchev–Trinajstić information content (AvgIpc) is 3.01. The standard InChI is InChI=1S/C19H20FNO/c1-14-8-10-15(11-9-14)21-18(22)19(12-4-5-13-19)16-6-2-3-7-17(16)20/h2-3,6-11H,4-5,12-13H2,1H3,(H,21,22). The van der Waals surface area contributed by atoms with E-state index in [2.05, 4.69) is 5.32 Å². The summed E-state index contributed by atoms with van der Waals surface area (Å²) in [4.78, 5) is 12.9. The highest BCUT2D eigenvalue weighted by Gasteiger charge is 2.44. The van der Waals surface area contributed by atoms with Crippen molar-refractivity contribution in [1.29, 1.82) is 0 Å². The molecule has 1 saturated carbocycles. The highest BCUT2D eigenvalue weighted by Crippen LogP contribution is 2.43. The van der Waals surface area contributed by atoms with Crippen LogP contribution in [0.2, 0.25) is 0 Å². The van der Waals surface area contributed by atoms with Gasteiger partial charge in [0.15, 0.2) is 0 Å². The number of aryl methyl sites for hydroxylation is 1. The molecule has 0 heterocycles. The first kappa shape index (κ1) is 14.8. The second kappa shape index (κ2) is 5.91. The highest BCUT2D eigenvalue weighted by atomic mass is 19.1. The third-order valence-corrected chi connectivity index (χ3v) is 4.59. The maximum atomic E-state index is 14.3. The van der Waals surface area contributed by atoms with E-state index in [1.807, 2.05) is 31.2 Å². The Balaban J connectivity index is 1.92. The minimum Gasteiger partial charge on any atom is -0.325 e. The van der Waals surface area contributed by atoms with Gasteiger partial charge in [-0.15, -0.1) is 0 Å². The largest absolute Gasteiger partial charge is 0.325 e. The first-order chi connectivity index (χ1) is 10.6. The number of carbonyl (C=O) groups excluding carboxylic acids is 1. The van der Waals surface area contributed by atoms with E-state index in [4.69, 9.17) is 0 Å². The predicted octanol–water partition coefficient (Wildman–Crippen LogP) is 4.58. The summed E-state index contributed by atoms with van der Waals surface area (Å²) in [5, 5.41) is 2.97. The van der Waals surface area contributed by atoms with Gasteiger partial charge in [0.05, 0.1) is 5.41 Å². The topological polar surface area (TPSA) is 29.1 Å². The summed E-state index contributed by atoms with van der Waals surface area (Å²) in [6.07, 6.45) is 3.31. The second-order valence-electron chi connectivity index (χ2n) is 6.09. The number of hydrogen-bond acceptors (Lipinski definition) is 1. The van der Waals surface area contributed by atoms with Crippen molar-refractivity contribution in [1.82, 2.24) is 0 Å². The molecular formula is C19H20FNO. The molecule has 2 nitrogen and oxygen atoms in total. The number of halogens is 1. The molecule has 0 radical (unpaired) electrons. The van der Waals surface area contributed by atoms with E-state index < -0.39 is 5.41 Å². The third-order valence-electron chi connectivity index (χ3n) is 4.59. The molecule has 0 saturated heterocycles. The molecule has 0 unspecified atom stereocenters. The third kappa shape index (κ3) is 2.63. The molecule has 3 heteroatoms. The molecule has 2 aromatic rings. The van der Waals surface area contributed by atoms with Crippen LogP contribution < -0.4 is 5.32 Å². The molecule has 0 aliphatic heterocycles. The van der Waals surface area contributed by atoms with Gasteiger partial charge >= 0.3 is 0 Å². The predicted molar refractivity (Wildman–Crippen MR) is 86.4 cm³/mol. The Morgan fingerprint density at radius 1 is 1.05 bits per heavy atom. The van der Waals surface area contributed by atoms with E-state index in [0.717, 1.165) is 24.1 Å². The van der Waals surface area contributed by atoms with Crippen molar-refractivity contribution >= 4 is 11.6 Å². The molecule has 1 N–H and O–H groups in total. The molecule has 114 valence electrons. The fraction of sp³-hybridized carbons (Fsp3) is 0.316. The fourth-order valence-corrected chi connectivity index (χ4v) is 3.33. The van der Waals surface area contributed by atoms with Crippen molar-refractivity contribution in [2.45, 2.75) is 38.0 Å². The van der Waals surface area contributed by atoms with Crippen molar-refractivity contribution < 1.29 is 9.18 Å². The van der Waals surface area contributed by atoms with Gasteiger partial charge in [-0.05, 0) is 38.0 Å². The van der Waals surface area contributed by atoms with Crippen molar-refractivity contribution in [3.8, 4) is 0 Å². The molecule has 1 aliphatic rings. The molecule has 0 bridgehead atoms. The lowest BCUT2D eigenvalue weighted by atomic mass is 9.77. The maximum absolute atomic E-state index is 14.3. The zero-order valence-corrected chi connectivity index (χ0v) is 12.7. The Hall–Kier alpha value is -2.16. The first-order valence-corrected chi connectivity index (χ1v) is 7.75. The summed E-state index contributed by atoms with van der Waals surface area (Å²) >= 11 is 0. The molecule has 3 rings (SSSR count). The van der Waals surface area contributed by atoms with Gasteiger partial charge in [-0.2, -0.15) is 0 Å². The fourth-order valence-electron chi connectivity index (χ4n) is 3.33. The number of benzene rings is 2. The van der Waals surface area contributed by atoms with Gasteiger partial charge in [0.2, 0.25) is 5.91 Å². The molecule has 22 heavy (non-hydrogen) atoms. The summed E-state index contributed by atoms with van der Waals surface area (Å²) in [5.41, 5.74) is 1.69. The minimum atomic E-state index is -0.740. The Morgan fingerprint density at radius 3 is 2.32 bits per heavy atom. The van der Waals surface area contributed by atoms with Crippen LogP contribution in [0.25, 0.3) is 0 Å². The lowest BCUT2D eigenvalue weighted by Crippen LogP contribution is -2.38. The molecule has 2 aromatic carbocycles. The average molecular weight is 297 g/mol. The van der Waals surface area contributed by atoms with E-state index in [0.29, 0.717) is 18.4 Å². The number of rotatable bonds is 3. The summed E-state index contributed by atoms with van der Waals surface area (Å²) < 4.78 is 14.3. The summed E-state index contributed by atoms with van der Waals surface area (Å²) in [6.45, 7) is 2.00. The monoisotopic (exact) mass is 297 g/mol. The number of amides is 1. The van der Waals surface area contributed by atoms with Crippen LogP contribution in [-0.4, -0.2) is 5.91 Å². The van der Waals surface area contributed by atoms with Gasteiger partial charge in [-0.1, -0.05) is 48.7 Å². The molecule has 1 fully saturated rings. The van der Waals surface area contributed by atoms with Crippen molar-refractivity contribution in [2.75, 3.05) is 5.32 Å². The Bertz CT molecular complexity index is 672. The zero-order valence-electron chi connectivity index (χ0n) is 12.7. The van der Waals surface area contributed by atoms with Gasteiger partial charge < -0.3 is 5.32 Å². The lowest BCUT2D eigenvalue weighted by Gasteiger charge is -2.28. The number of anilines is 1. The maximum Gasteiger partial charge on any atom is 0.235 e. The number of nitrogens with one attached hydrogen (secondary N) is 1. The van der Waals surface area contributed by atoms with Gasteiger partial charge in [-0.25, -0.2) is 4.39 Å². The first-order valence-electron chi connectivity index (χ1n) is 7.75. The normalized spacial score (nSPS) is 16.5. The van der Waals surface area contributed by atoms with E-state index in [1.54, 1.807) is 18.2 Å². The molecular weight excluding hydrogens is 277 g/mol. The number of hydrogen-bond donors (Lipinski definition) is 1. The molecule has 1 aliphatic carbocycles. The quantitative estimate of drug-likeness (QED) is 0.882. The van der Waals surface area contributed by atoms with Crippen LogP contribution in [0.1, 0.15) is 36.8 Å². The summed E-state index contributed by atoms with van der Waals surface area (Å²) in [6, 6.07) is 14.3.